The quantitative estimate of drug-likeness (QED) is 0.0756. The molecule has 0 aromatic heterocycles. The fraction of sp³-hybridized carbons (Fsp3) is 0.789. The van der Waals surface area contributed by atoms with E-state index in [9.17, 15) is 9.59 Å². The summed E-state index contributed by atoms with van der Waals surface area (Å²) in [5.74, 6) is 0.699. The van der Waals surface area contributed by atoms with E-state index in [1.165, 1.54) is 0 Å². The molecule has 1 N–H and O–H groups in total. The van der Waals surface area contributed by atoms with Gasteiger partial charge in [-0.05, 0) is 45.0 Å². The summed E-state index contributed by atoms with van der Waals surface area (Å²) in [7, 11) is 0. The van der Waals surface area contributed by atoms with Gasteiger partial charge >= 0.3 is 6.09 Å². The summed E-state index contributed by atoms with van der Waals surface area (Å²) in [6.07, 6.45) is 0.339. The SMILES string of the molecule is CC(C)(C)OC(=O)NCCOCCOCCOCCOCCOCCOCCOCCOCCOCCOCCOCCOCCOc1ccc(C=O)cc1. The van der Waals surface area contributed by atoms with Crippen molar-refractivity contribution in [3.05, 3.63) is 29.8 Å². The standard InChI is InChI=1S/C38H67NO16/c1-38(2,3)55-37(41)39-8-9-42-10-11-43-12-13-44-14-15-45-16-17-46-18-19-47-20-21-48-22-23-49-24-25-50-26-27-51-28-29-52-30-31-53-32-33-54-36-6-4-35(34-40)5-7-36/h4-7,34H,8-33H2,1-3H3,(H,39,41). The zero-order valence-electron chi connectivity index (χ0n) is 33.3. The van der Waals surface area contributed by atoms with Crippen LogP contribution in [0.15, 0.2) is 24.3 Å². The lowest BCUT2D eigenvalue weighted by Gasteiger charge is -2.19. The van der Waals surface area contributed by atoms with Gasteiger partial charge in [0.25, 0.3) is 0 Å². The Morgan fingerprint density at radius 2 is 0.727 bits per heavy atom. The summed E-state index contributed by atoms with van der Waals surface area (Å²) < 4.78 is 76.3. The fourth-order valence-corrected chi connectivity index (χ4v) is 3.92. The van der Waals surface area contributed by atoms with Crippen LogP contribution in [-0.4, -0.2) is 190 Å². The molecule has 0 spiro atoms. The molecule has 0 aliphatic rings. The lowest BCUT2D eigenvalue weighted by Crippen LogP contribution is -2.34. The van der Waals surface area contributed by atoms with Crippen molar-refractivity contribution in [2.45, 2.75) is 26.4 Å². The Kier molecular flexibility index (Phi) is 35.2. The van der Waals surface area contributed by atoms with E-state index in [1.54, 1.807) is 24.3 Å². The number of amides is 1. The molecule has 1 aromatic rings. The Bertz CT molecular complexity index is 982. The molecule has 0 aliphatic carbocycles. The van der Waals surface area contributed by atoms with Crippen LogP contribution in [0.25, 0.3) is 0 Å². The Morgan fingerprint density at radius 1 is 0.455 bits per heavy atom. The zero-order valence-corrected chi connectivity index (χ0v) is 33.3. The summed E-state index contributed by atoms with van der Waals surface area (Å²) in [5.41, 5.74) is 0.0974. The first-order chi connectivity index (χ1) is 26.9. The van der Waals surface area contributed by atoms with Crippen molar-refractivity contribution in [1.82, 2.24) is 5.32 Å². The lowest BCUT2D eigenvalue weighted by molar-refractivity contribution is -0.0285. The van der Waals surface area contributed by atoms with Crippen LogP contribution in [0.5, 0.6) is 5.75 Å². The van der Waals surface area contributed by atoms with Crippen molar-refractivity contribution in [1.29, 1.82) is 0 Å². The van der Waals surface area contributed by atoms with Crippen molar-refractivity contribution in [3.63, 3.8) is 0 Å². The first kappa shape index (κ1) is 50.5. The molecule has 0 heterocycles. The first-order valence-corrected chi connectivity index (χ1v) is 19.0. The highest BCUT2D eigenvalue weighted by Crippen LogP contribution is 2.10. The van der Waals surface area contributed by atoms with Gasteiger partial charge in [0.15, 0.2) is 0 Å². The number of aldehydes is 1. The predicted octanol–water partition coefficient (Wildman–Crippen LogP) is 2.60. The zero-order chi connectivity index (χ0) is 39.8. The summed E-state index contributed by atoms with van der Waals surface area (Å²) in [6, 6.07) is 6.92. The second kappa shape index (κ2) is 38.4. The minimum Gasteiger partial charge on any atom is -0.491 e. The van der Waals surface area contributed by atoms with E-state index in [1.807, 2.05) is 20.8 Å². The third-order valence-corrected chi connectivity index (χ3v) is 6.52. The highest BCUT2D eigenvalue weighted by Gasteiger charge is 2.15. The molecule has 0 saturated heterocycles. The van der Waals surface area contributed by atoms with Gasteiger partial charge in [-0.2, -0.15) is 0 Å². The van der Waals surface area contributed by atoms with Crippen LogP contribution < -0.4 is 10.1 Å². The van der Waals surface area contributed by atoms with E-state index in [4.69, 9.17) is 66.3 Å². The van der Waals surface area contributed by atoms with Gasteiger partial charge in [0.2, 0.25) is 0 Å². The molecule has 17 nitrogen and oxygen atoms in total. The van der Waals surface area contributed by atoms with Crippen molar-refractivity contribution < 1.29 is 75.9 Å². The molecule has 1 amide bonds. The molecular formula is C38H67NO16. The number of carbonyl (C=O) groups is 2. The van der Waals surface area contributed by atoms with Crippen LogP contribution in [0.1, 0.15) is 31.1 Å². The van der Waals surface area contributed by atoms with Crippen molar-refractivity contribution in [3.8, 4) is 5.75 Å². The minimum absolute atomic E-state index is 0.378. The normalized spacial score (nSPS) is 11.5. The van der Waals surface area contributed by atoms with Crippen molar-refractivity contribution in [2.75, 3.05) is 172 Å². The largest absolute Gasteiger partial charge is 0.491 e. The molecule has 0 atom stereocenters. The molecule has 1 rings (SSSR count). The molecule has 0 bridgehead atoms. The predicted molar refractivity (Wildman–Crippen MR) is 201 cm³/mol. The highest BCUT2D eigenvalue weighted by atomic mass is 16.6. The van der Waals surface area contributed by atoms with Gasteiger partial charge in [0.05, 0.1) is 159 Å². The Labute approximate surface area is 327 Å². The molecule has 17 heteroatoms. The molecule has 0 radical (unpaired) electrons. The van der Waals surface area contributed by atoms with Crippen LogP contribution in [0, 0.1) is 0 Å². The lowest BCUT2D eigenvalue weighted by atomic mass is 10.2. The maximum absolute atomic E-state index is 11.5. The number of benzene rings is 1. The van der Waals surface area contributed by atoms with Gasteiger partial charge in [-0.25, -0.2) is 4.79 Å². The average Bonchev–Trinajstić information content (AvgIpc) is 3.16. The van der Waals surface area contributed by atoms with Crippen LogP contribution in [0.3, 0.4) is 0 Å². The van der Waals surface area contributed by atoms with E-state index in [0.29, 0.717) is 183 Å². The number of nitrogens with one attached hydrogen (secondary N) is 1. The van der Waals surface area contributed by atoms with Gasteiger partial charge in [-0.15, -0.1) is 0 Å². The fourth-order valence-electron chi connectivity index (χ4n) is 3.92. The number of rotatable bonds is 41. The van der Waals surface area contributed by atoms with Crippen LogP contribution >= 0.6 is 0 Å². The molecular weight excluding hydrogens is 726 g/mol. The smallest absolute Gasteiger partial charge is 0.407 e. The summed E-state index contributed by atoms with van der Waals surface area (Å²) in [4.78, 5) is 22.2. The molecule has 0 unspecified atom stereocenters. The second-order valence-electron chi connectivity index (χ2n) is 12.3. The third kappa shape index (κ3) is 38.1. The maximum Gasteiger partial charge on any atom is 0.407 e. The molecule has 55 heavy (non-hydrogen) atoms. The van der Waals surface area contributed by atoms with Crippen LogP contribution in [0.4, 0.5) is 4.79 Å². The van der Waals surface area contributed by atoms with Crippen LogP contribution in [0.2, 0.25) is 0 Å². The van der Waals surface area contributed by atoms with E-state index in [0.717, 1.165) is 6.29 Å². The molecule has 0 aliphatic heterocycles. The van der Waals surface area contributed by atoms with Gasteiger partial charge < -0.3 is 71.6 Å². The molecule has 0 saturated carbocycles. The second-order valence-corrected chi connectivity index (χ2v) is 12.3. The average molecular weight is 794 g/mol. The summed E-state index contributed by atoms with van der Waals surface area (Å²) >= 11 is 0. The van der Waals surface area contributed by atoms with Crippen molar-refractivity contribution >= 4 is 12.4 Å². The summed E-state index contributed by atoms with van der Waals surface area (Å²) in [5, 5.41) is 2.63. The van der Waals surface area contributed by atoms with E-state index >= 15 is 0 Å². The molecule has 1 aromatic carbocycles. The van der Waals surface area contributed by atoms with Crippen LogP contribution in [-0.2, 0) is 61.6 Å². The number of alkyl carbamates (subject to hydrolysis) is 1. The van der Waals surface area contributed by atoms with Gasteiger partial charge in [-0.3, -0.25) is 4.79 Å². The minimum atomic E-state index is -0.516. The number of carbonyl (C=O) groups excluding carboxylic acids is 2. The topological polar surface area (TPSA) is 175 Å². The maximum atomic E-state index is 11.5. The van der Waals surface area contributed by atoms with E-state index in [-0.39, 0.29) is 0 Å². The van der Waals surface area contributed by atoms with Gasteiger partial charge in [0, 0.05) is 12.1 Å². The third-order valence-electron chi connectivity index (χ3n) is 6.52. The molecule has 0 fully saturated rings. The Balaban J connectivity index is 1.63. The number of ether oxygens (including phenoxy) is 14. The first-order valence-electron chi connectivity index (χ1n) is 19.0. The highest BCUT2D eigenvalue weighted by molar-refractivity contribution is 5.74. The Hall–Kier alpha value is -2.52. The Morgan fingerprint density at radius 3 is 1.00 bits per heavy atom. The number of hydrogen-bond acceptors (Lipinski definition) is 16. The van der Waals surface area contributed by atoms with E-state index in [2.05, 4.69) is 5.32 Å². The summed E-state index contributed by atoms with van der Waals surface area (Å²) in [6.45, 7) is 17.6. The number of hydrogen-bond donors (Lipinski definition) is 1. The van der Waals surface area contributed by atoms with Gasteiger partial charge in [0.1, 0.15) is 24.2 Å². The van der Waals surface area contributed by atoms with Gasteiger partial charge in [-0.1, -0.05) is 0 Å². The van der Waals surface area contributed by atoms with Crippen molar-refractivity contribution in [2.24, 2.45) is 0 Å². The monoisotopic (exact) mass is 793 g/mol. The van der Waals surface area contributed by atoms with E-state index < -0.39 is 11.7 Å². The molecule has 320 valence electrons.